The number of nitrogens with zero attached hydrogens (tertiary/aromatic N) is 2. The number of carbonyl (C=O) groups excluding carboxylic acids is 2. The maximum Gasteiger partial charge on any atom is 0.244 e. The van der Waals surface area contributed by atoms with Crippen LogP contribution in [0.4, 0.5) is 11.4 Å². The Hall–Kier alpha value is -3.58. The molecule has 4 aromatic rings. The van der Waals surface area contributed by atoms with Gasteiger partial charge in [-0.25, -0.2) is 4.98 Å². The van der Waals surface area contributed by atoms with E-state index in [-0.39, 0.29) is 24.1 Å². The first-order valence-electron chi connectivity index (χ1n) is 10.7. The van der Waals surface area contributed by atoms with Crippen LogP contribution in [0.25, 0.3) is 11.0 Å². The molecule has 2 amide bonds. The van der Waals surface area contributed by atoms with Gasteiger partial charge in [-0.2, -0.15) is 0 Å². The molecule has 0 saturated heterocycles. The number of aromatic nitrogens is 2. The molecule has 0 unspecified atom stereocenters. The van der Waals surface area contributed by atoms with Crippen LogP contribution in [0.5, 0.6) is 0 Å². The highest BCUT2D eigenvalue weighted by Crippen LogP contribution is 2.25. The van der Waals surface area contributed by atoms with Crippen LogP contribution in [0.15, 0.2) is 71.9 Å². The molecule has 3 aromatic carbocycles. The Balaban J connectivity index is 1.50. The number of amides is 2. The highest BCUT2D eigenvalue weighted by atomic mass is 32.2. The van der Waals surface area contributed by atoms with Crippen LogP contribution in [0, 0.1) is 20.8 Å². The Bertz CT molecular complexity index is 1290. The topological polar surface area (TPSA) is 76.0 Å². The molecular formula is C26H26N4O2S. The Morgan fingerprint density at radius 1 is 0.848 bits per heavy atom. The molecule has 0 spiro atoms. The third-order valence-corrected chi connectivity index (χ3v) is 6.31. The van der Waals surface area contributed by atoms with Crippen molar-refractivity contribution in [3.05, 3.63) is 83.4 Å². The third kappa shape index (κ3) is 5.43. The quantitative estimate of drug-likeness (QED) is 0.367. The second kappa shape index (κ2) is 9.92. The van der Waals surface area contributed by atoms with E-state index < -0.39 is 0 Å². The summed E-state index contributed by atoms with van der Waals surface area (Å²) in [5, 5.41) is 6.57. The number of imidazole rings is 1. The molecule has 0 aliphatic heterocycles. The van der Waals surface area contributed by atoms with Gasteiger partial charge in [0.2, 0.25) is 11.8 Å². The summed E-state index contributed by atoms with van der Waals surface area (Å²) >= 11 is 1.32. The molecule has 0 fully saturated rings. The molecule has 0 atom stereocenters. The largest absolute Gasteiger partial charge is 0.325 e. The minimum absolute atomic E-state index is 0.107. The number of hydrogen-bond acceptors (Lipinski definition) is 4. The minimum Gasteiger partial charge on any atom is -0.325 e. The summed E-state index contributed by atoms with van der Waals surface area (Å²) in [6.45, 7) is 6.06. The van der Waals surface area contributed by atoms with Gasteiger partial charge in [0.05, 0.1) is 16.8 Å². The number of hydrogen-bond donors (Lipinski definition) is 2. The molecule has 1 aromatic heterocycles. The molecule has 4 rings (SSSR count). The fourth-order valence-corrected chi connectivity index (χ4v) is 4.43. The molecule has 33 heavy (non-hydrogen) atoms. The maximum atomic E-state index is 12.9. The molecule has 1 heterocycles. The molecule has 0 saturated carbocycles. The normalized spacial score (nSPS) is 10.9. The van der Waals surface area contributed by atoms with Gasteiger partial charge >= 0.3 is 0 Å². The van der Waals surface area contributed by atoms with Gasteiger partial charge in [-0.05, 0) is 56.2 Å². The van der Waals surface area contributed by atoms with Crippen molar-refractivity contribution in [2.24, 2.45) is 0 Å². The third-order valence-electron chi connectivity index (χ3n) is 5.33. The molecular weight excluding hydrogens is 432 g/mol. The van der Waals surface area contributed by atoms with Crippen LogP contribution >= 0.6 is 11.8 Å². The standard InChI is InChI=1S/C26H26N4O2S/c1-17-11-13-20(14-12-17)27-24(32)16-33-26-28-21-9-4-5-10-22(21)30(26)15-23(31)29-25-18(2)7-6-8-19(25)3/h4-14H,15-16H2,1-3H3,(H,27,32)(H,29,31). The van der Waals surface area contributed by atoms with Crippen molar-refractivity contribution in [3.63, 3.8) is 0 Å². The summed E-state index contributed by atoms with van der Waals surface area (Å²) in [6.07, 6.45) is 0. The van der Waals surface area contributed by atoms with Crippen molar-refractivity contribution >= 4 is 46.0 Å². The van der Waals surface area contributed by atoms with E-state index in [1.54, 1.807) is 0 Å². The van der Waals surface area contributed by atoms with Crippen molar-refractivity contribution in [3.8, 4) is 0 Å². The molecule has 0 radical (unpaired) electrons. The van der Waals surface area contributed by atoms with Gasteiger partial charge in [0, 0.05) is 11.4 Å². The van der Waals surface area contributed by atoms with Gasteiger partial charge in [-0.15, -0.1) is 0 Å². The maximum absolute atomic E-state index is 12.9. The molecule has 0 aliphatic carbocycles. The van der Waals surface area contributed by atoms with E-state index in [2.05, 4.69) is 15.6 Å². The predicted molar refractivity (Wildman–Crippen MR) is 135 cm³/mol. The number of thioether (sulfide) groups is 1. The van der Waals surface area contributed by atoms with Gasteiger partial charge < -0.3 is 15.2 Å². The lowest BCUT2D eigenvalue weighted by Gasteiger charge is -2.13. The fraction of sp³-hybridized carbons (Fsp3) is 0.192. The second-order valence-corrected chi connectivity index (χ2v) is 8.93. The predicted octanol–water partition coefficient (Wildman–Crippen LogP) is 5.33. The number of carbonyl (C=O) groups is 2. The van der Waals surface area contributed by atoms with Crippen LogP contribution in [0.3, 0.4) is 0 Å². The zero-order valence-electron chi connectivity index (χ0n) is 18.9. The first kappa shape index (κ1) is 22.6. The molecule has 0 aliphatic rings. The summed E-state index contributed by atoms with van der Waals surface area (Å²) < 4.78 is 1.86. The average Bonchev–Trinajstić information content (AvgIpc) is 3.14. The van der Waals surface area contributed by atoms with Crippen LogP contribution < -0.4 is 10.6 Å². The molecule has 7 heteroatoms. The van der Waals surface area contributed by atoms with E-state index in [1.165, 1.54) is 11.8 Å². The fourth-order valence-electron chi connectivity index (χ4n) is 3.61. The Labute approximate surface area is 197 Å². The van der Waals surface area contributed by atoms with Crippen molar-refractivity contribution in [1.82, 2.24) is 9.55 Å². The van der Waals surface area contributed by atoms with E-state index in [0.29, 0.717) is 5.16 Å². The monoisotopic (exact) mass is 458 g/mol. The van der Waals surface area contributed by atoms with Gasteiger partial charge in [0.15, 0.2) is 5.16 Å². The number of nitrogens with one attached hydrogen (secondary N) is 2. The number of anilines is 2. The summed E-state index contributed by atoms with van der Waals surface area (Å²) in [7, 11) is 0. The summed E-state index contributed by atoms with van der Waals surface area (Å²) in [6, 6.07) is 21.3. The Morgan fingerprint density at radius 3 is 2.27 bits per heavy atom. The van der Waals surface area contributed by atoms with Crippen molar-refractivity contribution < 1.29 is 9.59 Å². The van der Waals surface area contributed by atoms with Gasteiger partial charge in [-0.3, -0.25) is 9.59 Å². The zero-order chi connectivity index (χ0) is 23.4. The first-order valence-corrected chi connectivity index (χ1v) is 11.7. The smallest absolute Gasteiger partial charge is 0.244 e. The highest BCUT2D eigenvalue weighted by molar-refractivity contribution is 7.99. The van der Waals surface area contributed by atoms with Crippen LogP contribution in [0.2, 0.25) is 0 Å². The first-order chi connectivity index (χ1) is 15.9. The van der Waals surface area contributed by atoms with Gasteiger partial charge in [0.1, 0.15) is 6.54 Å². The summed E-state index contributed by atoms with van der Waals surface area (Å²) in [5.41, 5.74) is 6.40. The van der Waals surface area contributed by atoms with E-state index in [0.717, 1.165) is 39.1 Å². The van der Waals surface area contributed by atoms with Crippen LogP contribution in [-0.4, -0.2) is 27.1 Å². The van der Waals surface area contributed by atoms with Crippen molar-refractivity contribution in [2.75, 3.05) is 16.4 Å². The molecule has 168 valence electrons. The van der Waals surface area contributed by atoms with Crippen molar-refractivity contribution in [2.45, 2.75) is 32.5 Å². The van der Waals surface area contributed by atoms with E-state index in [9.17, 15) is 9.59 Å². The average molecular weight is 459 g/mol. The van der Waals surface area contributed by atoms with Crippen LogP contribution in [-0.2, 0) is 16.1 Å². The number of rotatable bonds is 7. The number of para-hydroxylation sites is 3. The minimum atomic E-state index is -0.137. The summed E-state index contributed by atoms with van der Waals surface area (Å²) in [4.78, 5) is 30.1. The van der Waals surface area contributed by atoms with E-state index in [1.807, 2.05) is 92.1 Å². The van der Waals surface area contributed by atoms with Crippen LogP contribution in [0.1, 0.15) is 16.7 Å². The second-order valence-electron chi connectivity index (χ2n) is 7.99. The number of benzene rings is 3. The number of aryl methyl sites for hydroxylation is 3. The van der Waals surface area contributed by atoms with E-state index in [4.69, 9.17) is 0 Å². The highest BCUT2D eigenvalue weighted by Gasteiger charge is 2.16. The van der Waals surface area contributed by atoms with E-state index >= 15 is 0 Å². The van der Waals surface area contributed by atoms with Gasteiger partial charge in [-0.1, -0.05) is 59.8 Å². The Kier molecular flexibility index (Phi) is 6.79. The van der Waals surface area contributed by atoms with Gasteiger partial charge in [0.25, 0.3) is 0 Å². The lowest BCUT2D eigenvalue weighted by atomic mass is 10.1. The molecule has 6 nitrogen and oxygen atoms in total. The Morgan fingerprint density at radius 2 is 1.55 bits per heavy atom. The SMILES string of the molecule is Cc1ccc(NC(=O)CSc2nc3ccccc3n2CC(=O)Nc2c(C)cccc2C)cc1. The lowest BCUT2D eigenvalue weighted by molar-refractivity contribution is -0.117. The molecule has 0 bridgehead atoms. The molecule has 2 N–H and O–H groups in total. The summed E-state index contributed by atoms with van der Waals surface area (Å²) in [5.74, 6) is -0.0700. The lowest BCUT2D eigenvalue weighted by Crippen LogP contribution is -2.21. The van der Waals surface area contributed by atoms with Crippen molar-refractivity contribution in [1.29, 1.82) is 0 Å². The zero-order valence-corrected chi connectivity index (χ0v) is 19.7. The number of fused-ring (bicyclic) bond motifs is 1.